The summed E-state index contributed by atoms with van der Waals surface area (Å²) in [6.07, 6.45) is 0.536. The average Bonchev–Trinajstić information content (AvgIpc) is 2.15. The molecular weight excluding hydrogens is 174 g/mol. The van der Waals surface area contributed by atoms with E-state index in [1.165, 1.54) is 12.1 Å². The predicted octanol–water partition coefficient (Wildman–Crippen LogP) is 1.63. The van der Waals surface area contributed by atoms with Crippen LogP contribution in [0, 0.1) is 10.1 Å². The van der Waals surface area contributed by atoms with E-state index in [1.807, 2.05) is 0 Å². The number of nitrogens with zero attached hydrogens (tertiary/aromatic N) is 1. The van der Waals surface area contributed by atoms with Gasteiger partial charge in [-0.05, 0) is 12.0 Å². The fourth-order valence-electron chi connectivity index (χ4n) is 0.948. The standard InChI is InChI=1S/C8H9NO4/c10-9(11)8-3-1-7(2-4-8)5-6-13-12/h1-4,12H,5-6H2. The van der Waals surface area contributed by atoms with E-state index in [9.17, 15) is 10.1 Å². The van der Waals surface area contributed by atoms with Crippen LogP contribution in [-0.4, -0.2) is 16.8 Å². The van der Waals surface area contributed by atoms with Gasteiger partial charge in [-0.3, -0.25) is 15.4 Å². The van der Waals surface area contributed by atoms with Crippen molar-refractivity contribution in [1.82, 2.24) is 0 Å². The molecule has 70 valence electrons. The molecule has 0 amide bonds. The SMILES string of the molecule is O=[N+]([O-])c1ccc(CCOO)cc1. The molecule has 1 rings (SSSR count). The van der Waals surface area contributed by atoms with Gasteiger partial charge in [-0.1, -0.05) is 12.1 Å². The van der Waals surface area contributed by atoms with Crippen molar-refractivity contribution in [2.24, 2.45) is 0 Å². The number of rotatable bonds is 4. The predicted molar refractivity (Wildman–Crippen MR) is 45.4 cm³/mol. The molecule has 0 saturated heterocycles. The molecule has 0 bridgehead atoms. The summed E-state index contributed by atoms with van der Waals surface area (Å²) in [5.74, 6) is 0. The van der Waals surface area contributed by atoms with Gasteiger partial charge in [0.05, 0.1) is 11.5 Å². The van der Waals surface area contributed by atoms with Crippen molar-refractivity contribution in [3.05, 3.63) is 39.9 Å². The van der Waals surface area contributed by atoms with Gasteiger partial charge in [0.15, 0.2) is 0 Å². The van der Waals surface area contributed by atoms with Crippen molar-refractivity contribution in [2.75, 3.05) is 6.61 Å². The highest BCUT2D eigenvalue weighted by atomic mass is 17.1. The van der Waals surface area contributed by atoms with Crippen LogP contribution < -0.4 is 0 Å². The van der Waals surface area contributed by atoms with E-state index in [2.05, 4.69) is 4.89 Å². The summed E-state index contributed by atoms with van der Waals surface area (Å²) in [4.78, 5) is 13.7. The van der Waals surface area contributed by atoms with Crippen LogP contribution in [0.3, 0.4) is 0 Å². The quantitative estimate of drug-likeness (QED) is 0.437. The van der Waals surface area contributed by atoms with Crippen LogP contribution in [0.2, 0.25) is 0 Å². The Morgan fingerprint density at radius 1 is 1.38 bits per heavy atom. The number of nitro benzene ring substituents is 1. The topological polar surface area (TPSA) is 72.6 Å². The van der Waals surface area contributed by atoms with E-state index in [0.717, 1.165) is 5.56 Å². The van der Waals surface area contributed by atoms with Gasteiger partial charge in [0, 0.05) is 12.1 Å². The van der Waals surface area contributed by atoms with E-state index >= 15 is 0 Å². The van der Waals surface area contributed by atoms with Crippen LogP contribution in [0.25, 0.3) is 0 Å². The third-order valence-electron chi connectivity index (χ3n) is 1.63. The second kappa shape index (κ2) is 4.54. The van der Waals surface area contributed by atoms with Gasteiger partial charge in [0.1, 0.15) is 0 Å². The molecule has 0 radical (unpaired) electrons. The molecule has 0 saturated carbocycles. The molecule has 1 aromatic carbocycles. The fraction of sp³-hybridized carbons (Fsp3) is 0.250. The summed E-state index contributed by atoms with van der Waals surface area (Å²) >= 11 is 0. The maximum atomic E-state index is 10.3. The monoisotopic (exact) mass is 183 g/mol. The van der Waals surface area contributed by atoms with Gasteiger partial charge in [-0.2, -0.15) is 0 Å². The second-order valence-electron chi connectivity index (χ2n) is 2.51. The van der Waals surface area contributed by atoms with Gasteiger partial charge in [0.25, 0.3) is 5.69 Å². The Morgan fingerprint density at radius 2 is 2.00 bits per heavy atom. The van der Waals surface area contributed by atoms with Crippen molar-refractivity contribution in [3.63, 3.8) is 0 Å². The lowest BCUT2D eigenvalue weighted by molar-refractivity contribution is -0.384. The van der Waals surface area contributed by atoms with Crippen molar-refractivity contribution >= 4 is 5.69 Å². The Hall–Kier alpha value is -1.46. The first-order valence-corrected chi connectivity index (χ1v) is 3.73. The van der Waals surface area contributed by atoms with Crippen LogP contribution in [0.4, 0.5) is 5.69 Å². The Balaban J connectivity index is 2.64. The highest BCUT2D eigenvalue weighted by molar-refractivity contribution is 5.32. The maximum Gasteiger partial charge on any atom is 0.269 e. The van der Waals surface area contributed by atoms with Crippen LogP contribution in [0.15, 0.2) is 24.3 Å². The molecule has 1 aromatic rings. The molecule has 0 aromatic heterocycles. The zero-order chi connectivity index (χ0) is 9.68. The zero-order valence-electron chi connectivity index (χ0n) is 6.84. The number of hydrogen-bond donors (Lipinski definition) is 1. The van der Waals surface area contributed by atoms with Crippen molar-refractivity contribution in [2.45, 2.75) is 6.42 Å². The van der Waals surface area contributed by atoms with E-state index in [1.54, 1.807) is 12.1 Å². The van der Waals surface area contributed by atoms with E-state index < -0.39 is 4.92 Å². The van der Waals surface area contributed by atoms with E-state index in [-0.39, 0.29) is 12.3 Å². The van der Waals surface area contributed by atoms with Crippen LogP contribution in [-0.2, 0) is 11.3 Å². The van der Waals surface area contributed by atoms with Crippen molar-refractivity contribution < 1.29 is 15.1 Å². The molecule has 0 heterocycles. The van der Waals surface area contributed by atoms with Crippen LogP contribution in [0.1, 0.15) is 5.56 Å². The molecule has 0 aliphatic heterocycles. The summed E-state index contributed by atoms with van der Waals surface area (Å²) in [7, 11) is 0. The molecule has 0 aliphatic carbocycles. The van der Waals surface area contributed by atoms with Gasteiger partial charge in [-0.25, -0.2) is 4.89 Å². The smallest absolute Gasteiger partial charge is 0.258 e. The molecule has 1 N–H and O–H groups in total. The van der Waals surface area contributed by atoms with Gasteiger partial charge in [-0.15, -0.1) is 0 Å². The largest absolute Gasteiger partial charge is 0.269 e. The number of nitro groups is 1. The Kier molecular flexibility index (Phi) is 3.36. The summed E-state index contributed by atoms with van der Waals surface area (Å²) in [5, 5.41) is 18.3. The van der Waals surface area contributed by atoms with Crippen molar-refractivity contribution in [3.8, 4) is 0 Å². The summed E-state index contributed by atoms with van der Waals surface area (Å²) in [6, 6.07) is 6.12. The molecule has 0 atom stereocenters. The van der Waals surface area contributed by atoms with Gasteiger partial charge >= 0.3 is 0 Å². The average molecular weight is 183 g/mol. The molecule has 0 spiro atoms. The highest BCUT2D eigenvalue weighted by Gasteiger charge is 2.03. The lowest BCUT2D eigenvalue weighted by Gasteiger charge is -1.97. The van der Waals surface area contributed by atoms with Gasteiger partial charge in [0.2, 0.25) is 0 Å². The number of non-ortho nitro benzene ring substituents is 1. The van der Waals surface area contributed by atoms with E-state index in [4.69, 9.17) is 5.26 Å². The zero-order valence-corrected chi connectivity index (χ0v) is 6.84. The van der Waals surface area contributed by atoms with E-state index in [0.29, 0.717) is 6.42 Å². The second-order valence-corrected chi connectivity index (χ2v) is 2.51. The summed E-state index contributed by atoms with van der Waals surface area (Å²) in [5.41, 5.74) is 0.952. The first-order valence-electron chi connectivity index (χ1n) is 3.73. The molecule has 0 fully saturated rings. The third-order valence-corrected chi connectivity index (χ3v) is 1.63. The Morgan fingerprint density at radius 3 is 2.46 bits per heavy atom. The molecular formula is C8H9NO4. The highest BCUT2D eigenvalue weighted by Crippen LogP contribution is 2.11. The Labute approximate surface area is 74.7 Å². The van der Waals surface area contributed by atoms with Crippen LogP contribution >= 0.6 is 0 Å². The summed E-state index contributed by atoms with van der Waals surface area (Å²) in [6.45, 7) is 0.192. The number of hydrogen-bond acceptors (Lipinski definition) is 4. The Bertz CT molecular complexity index is 283. The van der Waals surface area contributed by atoms with Gasteiger partial charge < -0.3 is 0 Å². The molecule has 5 heteroatoms. The first kappa shape index (κ1) is 9.63. The lowest BCUT2D eigenvalue weighted by Crippen LogP contribution is -1.95. The van der Waals surface area contributed by atoms with Crippen LogP contribution in [0.5, 0.6) is 0 Å². The minimum Gasteiger partial charge on any atom is -0.258 e. The molecule has 13 heavy (non-hydrogen) atoms. The maximum absolute atomic E-state index is 10.3. The third kappa shape index (κ3) is 2.81. The van der Waals surface area contributed by atoms with Crippen molar-refractivity contribution in [1.29, 1.82) is 0 Å². The molecule has 0 aliphatic rings. The first-order chi connectivity index (χ1) is 6.24. The number of benzene rings is 1. The molecule has 5 nitrogen and oxygen atoms in total. The summed E-state index contributed by atoms with van der Waals surface area (Å²) < 4.78 is 0. The fourth-order valence-corrected chi connectivity index (χ4v) is 0.948. The minimum absolute atomic E-state index is 0.0636. The normalized spacial score (nSPS) is 9.92. The molecule has 0 unspecified atom stereocenters. The lowest BCUT2D eigenvalue weighted by atomic mass is 10.1. The minimum atomic E-state index is -0.452.